The Labute approximate surface area is 134 Å². The van der Waals surface area contributed by atoms with Crippen LogP contribution in [-0.4, -0.2) is 11.7 Å². The van der Waals surface area contributed by atoms with E-state index in [1.165, 1.54) is 38.5 Å². The molecule has 1 N–H and O–H groups in total. The summed E-state index contributed by atoms with van der Waals surface area (Å²) in [6.45, 7) is 16.9. The number of hydrogen-bond acceptors (Lipinski definition) is 1. The molecule has 1 saturated carbocycles. The van der Waals surface area contributed by atoms with Gasteiger partial charge in [0.25, 0.3) is 0 Å². The summed E-state index contributed by atoms with van der Waals surface area (Å²) >= 11 is 0. The molecule has 0 aromatic rings. The number of aliphatic hydroxyl groups is 1. The van der Waals surface area contributed by atoms with E-state index < -0.39 is 0 Å². The molecule has 3 unspecified atom stereocenters. The summed E-state index contributed by atoms with van der Waals surface area (Å²) in [6.07, 6.45) is 10.6. The fraction of sp³-hybridized carbons (Fsp3) is 1.00. The lowest BCUT2D eigenvalue weighted by Gasteiger charge is -2.33. The van der Waals surface area contributed by atoms with Gasteiger partial charge in [0, 0.05) is 6.61 Å². The minimum absolute atomic E-state index is 0.344. The zero-order valence-electron chi connectivity index (χ0n) is 16.0. The van der Waals surface area contributed by atoms with Gasteiger partial charge in [0.15, 0.2) is 0 Å². The molecule has 1 aliphatic rings. The Balaban J connectivity index is 0.000000690. The van der Waals surface area contributed by atoms with Crippen LogP contribution in [0.2, 0.25) is 0 Å². The van der Waals surface area contributed by atoms with Crippen molar-refractivity contribution < 1.29 is 5.11 Å². The highest BCUT2D eigenvalue weighted by Crippen LogP contribution is 2.54. The fourth-order valence-corrected chi connectivity index (χ4v) is 3.79. The Bertz CT molecular complexity index is 251. The van der Waals surface area contributed by atoms with E-state index in [-0.39, 0.29) is 0 Å². The molecule has 0 amide bonds. The number of aliphatic hydroxyl groups excluding tert-OH is 1. The van der Waals surface area contributed by atoms with Gasteiger partial charge < -0.3 is 5.11 Å². The summed E-state index contributed by atoms with van der Waals surface area (Å²) < 4.78 is 0. The summed E-state index contributed by atoms with van der Waals surface area (Å²) in [5.41, 5.74) is 1.14. The Morgan fingerprint density at radius 1 is 1.00 bits per heavy atom. The third-order valence-electron chi connectivity index (χ3n) is 5.44. The molecular formula is C20H42O. The maximum atomic E-state index is 8.07. The maximum Gasteiger partial charge on any atom is 0.0430 e. The van der Waals surface area contributed by atoms with Crippen molar-refractivity contribution in [3.63, 3.8) is 0 Å². The molecule has 0 aromatic carbocycles. The summed E-state index contributed by atoms with van der Waals surface area (Å²) in [5.74, 6) is 1.94. The van der Waals surface area contributed by atoms with Gasteiger partial charge in [-0.3, -0.25) is 0 Å². The van der Waals surface area contributed by atoms with E-state index >= 15 is 0 Å². The van der Waals surface area contributed by atoms with Crippen LogP contribution < -0.4 is 0 Å². The van der Waals surface area contributed by atoms with Crippen molar-refractivity contribution in [2.45, 2.75) is 99.8 Å². The molecule has 0 radical (unpaired) electrons. The first-order valence-electron chi connectivity index (χ1n) is 9.34. The first-order chi connectivity index (χ1) is 9.74. The lowest BCUT2D eigenvalue weighted by molar-refractivity contribution is 0.171. The van der Waals surface area contributed by atoms with Crippen molar-refractivity contribution in [1.82, 2.24) is 0 Å². The molecule has 0 aliphatic heterocycles. The molecule has 1 heteroatoms. The first-order valence-corrected chi connectivity index (χ1v) is 9.34. The summed E-state index contributed by atoms with van der Waals surface area (Å²) in [7, 11) is 0. The quantitative estimate of drug-likeness (QED) is 0.598. The van der Waals surface area contributed by atoms with Crippen LogP contribution in [0.25, 0.3) is 0 Å². The van der Waals surface area contributed by atoms with Crippen LogP contribution in [0, 0.1) is 22.7 Å². The SMILES string of the molecule is CCCCC1CC(C)(CC)CC1C(C)(C)C.CCCCO. The summed E-state index contributed by atoms with van der Waals surface area (Å²) in [6, 6.07) is 0. The lowest BCUT2D eigenvalue weighted by atomic mass is 9.73. The normalized spacial score (nSPS) is 29.1. The molecule has 1 nitrogen and oxygen atoms in total. The molecule has 0 spiro atoms. The third kappa shape index (κ3) is 7.68. The van der Waals surface area contributed by atoms with Gasteiger partial charge in [-0.1, -0.05) is 80.6 Å². The maximum absolute atomic E-state index is 8.07. The van der Waals surface area contributed by atoms with Gasteiger partial charge in [0.2, 0.25) is 0 Å². The minimum atomic E-state index is 0.344. The van der Waals surface area contributed by atoms with Gasteiger partial charge in [-0.15, -0.1) is 0 Å². The predicted molar refractivity (Wildman–Crippen MR) is 95.6 cm³/mol. The second-order valence-corrected chi connectivity index (χ2v) is 8.52. The molecular weight excluding hydrogens is 256 g/mol. The average Bonchev–Trinajstić information content (AvgIpc) is 2.76. The van der Waals surface area contributed by atoms with Crippen LogP contribution in [0.15, 0.2) is 0 Å². The van der Waals surface area contributed by atoms with Crippen molar-refractivity contribution in [3.05, 3.63) is 0 Å². The average molecular weight is 299 g/mol. The van der Waals surface area contributed by atoms with E-state index in [2.05, 4.69) is 48.5 Å². The van der Waals surface area contributed by atoms with Gasteiger partial charge in [-0.2, -0.15) is 0 Å². The van der Waals surface area contributed by atoms with Crippen LogP contribution in [-0.2, 0) is 0 Å². The molecule has 21 heavy (non-hydrogen) atoms. The van der Waals surface area contributed by atoms with Crippen molar-refractivity contribution >= 4 is 0 Å². The largest absolute Gasteiger partial charge is 0.396 e. The van der Waals surface area contributed by atoms with Crippen molar-refractivity contribution in [1.29, 1.82) is 0 Å². The van der Waals surface area contributed by atoms with Gasteiger partial charge in [-0.05, 0) is 41.9 Å². The van der Waals surface area contributed by atoms with Gasteiger partial charge in [0.05, 0.1) is 0 Å². The van der Waals surface area contributed by atoms with Crippen molar-refractivity contribution in [2.75, 3.05) is 6.61 Å². The molecule has 1 rings (SSSR count). The Hall–Kier alpha value is -0.0400. The van der Waals surface area contributed by atoms with E-state index in [9.17, 15) is 0 Å². The van der Waals surface area contributed by atoms with E-state index in [1.807, 2.05) is 0 Å². The van der Waals surface area contributed by atoms with Gasteiger partial charge >= 0.3 is 0 Å². The number of hydrogen-bond donors (Lipinski definition) is 1. The molecule has 0 bridgehead atoms. The minimum Gasteiger partial charge on any atom is -0.396 e. The van der Waals surface area contributed by atoms with E-state index in [0.717, 1.165) is 24.7 Å². The van der Waals surface area contributed by atoms with Crippen LogP contribution >= 0.6 is 0 Å². The summed E-state index contributed by atoms with van der Waals surface area (Å²) in [5, 5.41) is 8.07. The zero-order chi connectivity index (χ0) is 16.5. The number of unbranched alkanes of at least 4 members (excludes halogenated alkanes) is 2. The smallest absolute Gasteiger partial charge is 0.0430 e. The van der Waals surface area contributed by atoms with Crippen LogP contribution in [0.4, 0.5) is 0 Å². The molecule has 3 atom stereocenters. The van der Waals surface area contributed by atoms with Gasteiger partial charge in [-0.25, -0.2) is 0 Å². The molecule has 1 aliphatic carbocycles. The van der Waals surface area contributed by atoms with E-state index in [4.69, 9.17) is 5.11 Å². The predicted octanol–water partition coefficient (Wildman–Crippen LogP) is 6.44. The third-order valence-corrected chi connectivity index (χ3v) is 5.44. The van der Waals surface area contributed by atoms with Crippen LogP contribution in [0.3, 0.4) is 0 Å². The second kappa shape index (κ2) is 9.87. The lowest BCUT2D eigenvalue weighted by Crippen LogP contribution is -2.24. The van der Waals surface area contributed by atoms with Crippen molar-refractivity contribution in [2.24, 2.45) is 22.7 Å². The van der Waals surface area contributed by atoms with Crippen LogP contribution in [0.1, 0.15) is 99.8 Å². The second-order valence-electron chi connectivity index (χ2n) is 8.52. The summed E-state index contributed by atoms with van der Waals surface area (Å²) in [4.78, 5) is 0. The topological polar surface area (TPSA) is 20.2 Å². The van der Waals surface area contributed by atoms with Crippen LogP contribution in [0.5, 0.6) is 0 Å². The molecule has 0 aromatic heterocycles. The molecule has 128 valence electrons. The van der Waals surface area contributed by atoms with E-state index in [0.29, 0.717) is 17.4 Å². The highest BCUT2D eigenvalue weighted by atomic mass is 16.2. The van der Waals surface area contributed by atoms with E-state index in [1.54, 1.807) is 0 Å². The van der Waals surface area contributed by atoms with Crippen molar-refractivity contribution in [3.8, 4) is 0 Å². The van der Waals surface area contributed by atoms with Gasteiger partial charge in [0.1, 0.15) is 0 Å². The Morgan fingerprint density at radius 3 is 1.90 bits per heavy atom. The zero-order valence-corrected chi connectivity index (χ0v) is 16.0. The Morgan fingerprint density at radius 2 is 1.57 bits per heavy atom. The highest BCUT2D eigenvalue weighted by Gasteiger charge is 2.44. The highest BCUT2D eigenvalue weighted by molar-refractivity contribution is 4.95. The fourth-order valence-electron chi connectivity index (χ4n) is 3.79. The molecule has 1 fully saturated rings. The monoisotopic (exact) mass is 298 g/mol. The number of rotatable bonds is 6. The first kappa shape index (κ1) is 21.0. The molecule has 0 saturated heterocycles. The standard InChI is InChI=1S/C16H32.C4H10O/c1-7-9-10-13-11-16(6,8-2)12-14(13)15(3,4)5;1-2-3-4-5/h13-14H,7-12H2,1-6H3;5H,2-4H2,1H3. The molecule has 0 heterocycles. The Kier molecular flexibility index (Phi) is 9.85.